The molecule has 2 aromatic rings. The zero-order chi connectivity index (χ0) is 25.4. The van der Waals surface area contributed by atoms with Gasteiger partial charge in [0.15, 0.2) is 0 Å². The highest BCUT2D eigenvalue weighted by Gasteiger charge is 2.42. The SMILES string of the molecule is O=C(c1ccncc1)N1CCCCC2(CCN(Cc3ccccn3)CC2)C(=O)OC[C@@H](O)[C@@H](O)CC1. The summed E-state index contributed by atoms with van der Waals surface area (Å²) in [6.45, 7) is 2.81. The number of esters is 1. The minimum Gasteiger partial charge on any atom is -0.462 e. The van der Waals surface area contributed by atoms with Crippen LogP contribution in [0.4, 0.5) is 0 Å². The van der Waals surface area contributed by atoms with E-state index < -0.39 is 17.6 Å². The number of cyclic esters (lactones) is 1. The number of carbonyl (C=O) groups is 2. The van der Waals surface area contributed by atoms with Gasteiger partial charge in [-0.25, -0.2) is 0 Å². The number of aromatic nitrogens is 2. The van der Waals surface area contributed by atoms with Gasteiger partial charge in [-0.05, 0) is 69.5 Å². The number of rotatable bonds is 3. The topological polar surface area (TPSA) is 116 Å². The van der Waals surface area contributed by atoms with Crippen molar-refractivity contribution in [2.45, 2.75) is 57.3 Å². The van der Waals surface area contributed by atoms with Gasteiger partial charge in [-0.2, -0.15) is 0 Å². The van der Waals surface area contributed by atoms with Crippen molar-refractivity contribution in [1.82, 2.24) is 19.8 Å². The molecule has 194 valence electrons. The highest BCUT2D eigenvalue weighted by molar-refractivity contribution is 5.94. The van der Waals surface area contributed by atoms with Gasteiger partial charge >= 0.3 is 5.97 Å². The Balaban J connectivity index is 1.43. The van der Waals surface area contributed by atoms with E-state index in [0.717, 1.165) is 38.2 Å². The standard InChI is InChI=1S/C27H36N4O5/c32-23-8-16-31(25(34)21-6-13-28-14-7-21)15-4-2-9-27(26(35)36-20-24(23)33)10-17-30(18-11-27)19-22-5-1-3-12-29-22/h1,3,5-7,12-14,23-24,32-33H,2,4,8-11,15-20H2/t23-,24+/m0/s1. The average Bonchev–Trinajstić information content (AvgIpc) is 2.92. The van der Waals surface area contributed by atoms with Gasteiger partial charge in [0.25, 0.3) is 5.91 Å². The summed E-state index contributed by atoms with van der Waals surface area (Å²) in [7, 11) is 0. The molecule has 0 saturated carbocycles. The van der Waals surface area contributed by atoms with Crippen LogP contribution in [0.3, 0.4) is 0 Å². The molecule has 0 bridgehead atoms. The molecule has 36 heavy (non-hydrogen) atoms. The number of carbonyl (C=O) groups excluding carboxylic acids is 2. The first-order valence-corrected chi connectivity index (χ1v) is 12.8. The first kappa shape index (κ1) is 26.2. The predicted octanol–water partition coefficient (Wildman–Crippen LogP) is 2.04. The van der Waals surface area contributed by atoms with Crippen LogP contribution in [0, 0.1) is 5.41 Å². The predicted molar refractivity (Wildman–Crippen MR) is 133 cm³/mol. The van der Waals surface area contributed by atoms with Crippen molar-refractivity contribution in [1.29, 1.82) is 0 Å². The Morgan fingerprint density at radius 1 is 0.972 bits per heavy atom. The monoisotopic (exact) mass is 496 g/mol. The molecule has 0 radical (unpaired) electrons. The van der Waals surface area contributed by atoms with Crippen molar-refractivity contribution in [3.8, 4) is 0 Å². The van der Waals surface area contributed by atoms with Crippen molar-refractivity contribution in [3.05, 3.63) is 60.2 Å². The average molecular weight is 497 g/mol. The van der Waals surface area contributed by atoms with Crippen molar-refractivity contribution in [2.24, 2.45) is 5.41 Å². The maximum Gasteiger partial charge on any atom is 0.312 e. The number of aliphatic hydroxyl groups is 2. The quantitative estimate of drug-likeness (QED) is 0.621. The van der Waals surface area contributed by atoms with E-state index in [-0.39, 0.29) is 24.9 Å². The van der Waals surface area contributed by atoms with E-state index in [1.807, 2.05) is 18.2 Å². The molecule has 4 rings (SSSR count). The van der Waals surface area contributed by atoms with Crippen molar-refractivity contribution in [3.63, 3.8) is 0 Å². The van der Waals surface area contributed by atoms with Crippen LogP contribution in [-0.4, -0.2) is 86.9 Å². The van der Waals surface area contributed by atoms with Crippen LogP contribution in [0.15, 0.2) is 48.9 Å². The summed E-state index contributed by atoms with van der Waals surface area (Å²) in [6.07, 6.45) is 6.37. The third kappa shape index (κ3) is 6.66. The second-order valence-corrected chi connectivity index (χ2v) is 9.88. The number of aliphatic hydroxyl groups excluding tert-OH is 2. The lowest BCUT2D eigenvalue weighted by molar-refractivity contribution is -0.165. The van der Waals surface area contributed by atoms with Crippen LogP contribution < -0.4 is 0 Å². The summed E-state index contributed by atoms with van der Waals surface area (Å²) in [4.78, 5) is 38.7. The zero-order valence-corrected chi connectivity index (χ0v) is 20.7. The van der Waals surface area contributed by atoms with Crippen LogP contribution in [0.25, 0.3) is 0 Å². The second kappa shape index (κ2) is 12.4. The summed E-state index contributed by atoms with van der Waals surface area (Å²) in [5.41, 5.74) is 0.917. The fourth-order valence-corrected chi connectivity index (χ4v) is 5.08. The van der Waals surface area contributed by atoms with Crippen LogP contribution in [0.2, 0.25) is 0 Å². The second-order valence-electron chi connectivity index (χ2n) is 9.88. The Bertz CT molecular complexity index is 982. The fourth-order valence-electron chi connectivity index (χ4n) is 5.08. The van der Waals surface area contributed by atoms with E-state index in [9.17, 15) is 19.8 Å². The van der Waals surface area contributed by atoms with Gasteiger partial charge in [-0.3, -0.25) is 24.5 Å². The Labute approximate surface area is 212 Å². The summed E-state index contributed by atoms with van der Waals surface area (Å²) in [6, 6.07) is 9.23. The van der Waals surface area contributed by atoms with E-state index >= 15 is 0 Å². The van der Waals surface area contributed by atoms with Gasteiger partial charge in [0, 0.05) is 43.8 Å². The summed E-state index contributed by atoms with van der Waals surface area (Å²) >= 11 is 0. The van der Waals surface area contributed by atoms with E-state index in [2.05, 4.69) is 14.9 Å². The van der Waals surface area contributed by atoms with Crippen LogP contribution in [0.1, 0.15) is 54.6 Å². The Morgan fingerprint density at radius 3 is 2.47 bits per heavy atom. The maximum absolute atomic E-state index is 13.3. The molecule has 0 aliphatic carbocycles. The molecule has 2 aliphatic heterocycles. The normalized spacial score (nSPS) is 24.3. The number of pyridine rings is 2. The summed E-state index contributed by atoms with van der Waals surface area (Å²) in [5.74, 6) is -0.422. The molecule has 2 N–H and O–H groups in total. The number of piperidine rings is 1. The number of hydrogen-bond donors (Lipinski definition) is 2. The molecule has 2 saturated heterocycles. The number of amides is 1. The minimum atomic E-state index is -1.20. The minimum absolute atomic E-state index is 0.126. The highest BCUT2D eigenvalue weighted by Crippen LogP contribution is 2.38. The lowest BCUT2D eigenvalue weighted by Gasteiger charge is -2.40. The Hall–Kier alpha value is -2.88. The van der Waals surface area contributed by atoms with Gasteiger partial charge in [0.05, 0.1) is 17.2 Å². The summed E-state index contributed by atoms with van der Waals surface area (Å²) < 4.78 is 5.56. The van der Waals surface area contributed by atoms with Gasteiger partial charge < -0.3 is 19.8 Å². The van der Waals surface area contributed by atoms with Gasteiger partial charge in [0.1, 0.15) is 12.7 Å². The zero-order valence-electron chi connectivity index (χ0n) is 20.7. The molecule has 9 heteroatoms. The summed E-state index contributed by atoms with van der Waals surface area (Å²) in [5, 5.41) is 20.9. The molecule has 2 aliphatic rings. The van der Waals surface area contributed by atoms with Gasteiger partial charge in [-0.1, -0.05) is 12.5 Å². The Kier molecular flexibility index (Phi) is 9.01. The van der Waals surface area contributed by atoms with Gasteiger partial charge in [-0.15, -0.1) is 0 Å². The molecule has 0 unspecified atom stereocenters. The molecule has 0 aromatic carbocycles. The van der Waals surface area contributed by atoms with E-state index in [4.69, 9.17) is 4.74 Å². The molecular formula is C27H36N4O5. The van der Waals surface area contributed by atoms with Gasteiger partial charge in [0.2, 0.25) is 0 Å². The van der Waals surface area contributed by atoms with Crippen LogP contribution in [0.5, 0.6) is 0 Å². The fraction of sp³-hybridized carbons (Fsp3) is 0.556. The van der Waals surface area contributed by atoms with E-state index in [1.165, 1.54) is 0 Å². The highest BCUT2D eigenvalue weighted by atomic mass is 16.5. The number of nitrogens with zero attached hydrogens (tertiary/aromatic N) is 4. The molecule has 2 atom stereocenters. The maximum atomic E-state index is 13.3. The molecule has 1 amide bonds. The largest absolute Gasteiger partial charge is 0.462 e. The van der Waals surface area contributed by atoms with Crippen molar-refractivity contribution >= 4 is 11.9 Å². The molecular weight excluding hydrogens is 460 g/mol. The molecule has 9 nitrogen and oxygen atoms in total. The molecule has 2 fully saturated rings. The first-order chi connectivity index (χ1) is 17.5. The number of ether oxygens (including phenoxy) is 1. The molecule has 4 heterocycles. The van der Waals surface area contributed by atoms with Crippen molar-refractivity contribution in [2.75, 3.05) is 32.8 Å². The third-order valence-electron chi connectivity index (χ3n) is 7.43. The molecule has 1 spiro atoms. The van der Waals surface area contributed by atoms with E-state index in [0.29, 0.717) is 37.9 Å². The lowest BCUT2D eigenvalue weighted by atomic mass is 9.74. The molecule has 2 aromatic heterocycles. The number of likely N-dealkylation sites (tertiary alicyclic amines) is 1. The van der Waals surface area contributed by atoms with Crippen LogP contribution >= 0.6 is 0 Å². The Morgan fingerprint density at radius 2 is 1.75 bits per heavy atom. The van der Waals surface area contributed by atoms with Crippen LogP contribution in [-0.2, 0) is 16.1 Å². The lowest BCUT2D eigenvalue weighted by Crippen LogP contribution is -2.46. The smallest absolute Gasteiger partial charge is 0.312 e. The first-order valence-electron chi connectivity index (χ1n) is 12.8. The third-order valence-corrected chi connectivity index (χ3v) is 7.43. The van der Waals surface area contributed by atoms with Crippen molar-refractivity contribution < 1.29 is 24.5 Å². The van der Waals surface area contributed by atoms with E-state index in [1.54, 1.807) is 35.6 Å². The number of hydrogen-bond acceptors (Lipinski definition) is 8.